The Morgan fingerprint density at radius 2 is 1.33 bits per heavy atom. The van der Waals surface area contributed by atoms with E-state index in [-0.39, 0.29) is 18.0 Å². The molecule has 0 heterocycles. The van der Waals surface area contributed by atoms with Gasteiger partial charge in [-0.25, -0.2) is 4.79 Å². The van der Waals surface area contributed by atoms with Crippen LogP contribution in [0, 0.1) is 5.41 Å². The molecule has 0 saturated heterocycles. The fourth-order valence-corrected chi connectivity index (χ4v) is 6.12. The van der Waals surface area contributed by atoms with Gasteiger partial charge in [0.1, 0.15) is 5.60 Å². The van der Waals surface area contributed by atoms with Crippen molar-refractivity contribution < 1.29 is 14.3 Å². The molecule has 1 aliphatic rings. The maximum Gasteiger partial charge on any atom is 0.410 e. The van der Waals surface area contributed by atoms with Gasteiger partial charge in [-0.05, 0) is 104 Å². The predicted molar refractivity (Wildman–Crippen MR) is 188 cm³/mol. The van der Waals surface area contributed by atoms with Gasteiger partial charge < -0.3 is 15.0 Å². The Bertz CT molecular complexity index is 1590. The Morgan fingerprint density at radius 1 is 0.761 bits per heavy atom. The minimum Gasteiger partial charge on any atom is -0.444 e. The van der Waals surface area contributed by atoms with Crippen LogP contribution in [0.5, 0.6) is 0 Å². The van der Waals surface area contributed by atoms with Crippen molar-refractivity contribution in [3.8, 4) is 22.3 Å². The van der Waals surface area contributed by atoms with Crippen LogP contribution in [-0.4, -0.2) is 35.1 Å². The van der Waals surface area contributed by atoms with Gasteiger partial charge in [0.25, 0.3) is 5.91 Å². The number of rotatable bonds is 9. The molecule has 4 aromatic carbocycles. The quantitative estimate of drug-likeness (QED) is 0.204. The monoisotopic (exact) mass is 616 g/mol. The summed E-state index contributed by atoms with van der Waals surface area (Å²) >= 11 is 0. The van der Waals surface area contributed by atoms with Gasteiger partial charge in [-0.2, -0.15) is 0 Å². The molecule has 5 heteroatoms. The summed E-state index contributed by atoms with van der Waals surface area (Å²) in [5.74, 6) is -0.0805. The highest BCUT2D eigenvalue weighted by atomic mass is 16.6. The molecule has 0 unspecified atom stereocenters. The summed E-state index contributed by atoms with van der Waals surface area (Å²) in [6, 6.07) is 35.1. The highest BCUT2D eigenvalue weighted by Gasteiger charge is 2.34. The van der Waals surface area contributed by atoms with Crippen molar-refractivity contribution in [3.63, 3.8) is 0 Å². The molecule has 1 N–H and O–H groups in total. The van der Waals surface area contributed by atoms with Crippen LogP contribution in [0.15, 0.2) is 103 Å². The van der Waals surface area contributed by atoms with E-state index in [1.165, 1.54) is 16.7 Å². The first-order valence-electron chi connectivity index (χ1n) is 16.6. The van der Waals surface area contributed by atoms with Crippen molar-refractivity contribution in [2.45, 2.75) is 84.9 Å². The lowest BCUT2D eigenvalue weighted by Crippen LogP contribution is -2.45. The molecule has 0 atom stereocenters. The van der Waals surface area contributed by atoms with Crippen LogP contribution in [-0.2, 0) is 17.7 Å². The number of nitrogens with one attached hydrogen (secondary N) is 1. The fraction of sp³-hybridized carbons (Fsp3) is 0.366. The second-order valence-corrected chi connectivity index (χ2v) is 14.4. The largest absolute Gasteiger partial charge is 0.444 e. The molecule has 0 radical (unpaired) electrons. The molecular weight excluding hydrogens is 568 g/mol. The first-order valence-corrected chi connectivity index (χ1v) is 16.6. The fourth-order valence-electron chi connectivity index (χ4n) is 6.12. The zero-order valence-electron chi connectivity index (χ0n) is 28.0. The molecule has 0 aromatic heterocycles. The maximum atomic E-state index is 13.3. The second-order valence-electron chi connectivity index (χ2n) is 14.4. The molecule has 5 nitrogen and oxygen atoms in total. The lowest BCUT2D eigenvalue weighted by atomic mass is 9.75. The predicted octanol–water partition coefficient (Wildman–Crippen LogP) is 9.70. The third-order valence-electron chi connectivity index (χ3n) is 8.90. The van der Waals surface area contributed by atoms with Gasteiger partial charge in [0.05, 0.1) is 0 Å². The first-order chi connectivity index (χ1) is 22.0. The number of ether oxygens (including phenoxy) is 1. The van der Waals surface area contributed by atoms with E-state index in [4.69, 9.17) is 4.74 Å². The topological polar surface area (TPSA) is 58.6 Å². The van der Waals surface area contributed by atoms with E-state index in [9.17, 15) is 9.59 Å². The maximum absolute atomic E-state index is 13.3. The molecule has 240 valence electrons. The summed E-state index contributed by atoms with van der Waals surface area (Å²) in [7, 11) is 0. The summed E-state index contributed by atoms with van der Waals surface area (Å²) in [6.45, 7) is 11.4. The SMILES string of the molecule is CC1(C)CCC(N(Cc2ccc(-c3cccc(C(=O)NCCc4ccc(-c5ccccc5)cc4)c3)cc2)C(=O)OC(C)(C)C)CC1. The van der Waals surface area contributed by atoms with E-state index in [0.717, 1.165) is 48.8 Å². The highest BCUT2D eigenvalue weighted by Crippen LogP contribution is 2.38. The third-order valence-corrected chi connectivity index (χ3v) is 8.90. The summed E-state index contributed by atoms with van der Waals surface area (Å²) in [5.41, 5.74) is 7.05. The zero-order valence-corrected chi connectivity index (χ0v) is 28.0. The van der Waals surface area contributed by atoms with Crippen LogP contribution in [0.3, 0.4) is 0 Å². The Labute approximate surface area is 275 Å². The van der Waals surface area contributed by atoms with Gasteiger partial charge in [-0.3, -0.25) is 4.79 Å². The lowest BCUT2D eigenvalue weighted by molar-refractivity contribution is 0.00490. The Balaban J connectivity index is 1.19. The summed E-state index contributed by atoms with van der Waals surface area (Å²) in [4.78, 5) is 28.3. The van der Waals surface area contributed by atoms with Gasteiger partial charge in [0.15, 0.2) is 0 Å². The van der Waals surface area contributed by atoms with Gasteiger partial charge in [0.2, 0.25) is 0 Å². The number of hydrogen-bond acceptors (Lipinski definition) is 3. The van der Waals surface area contributed by atoms with Crippen molar-refractivity contribution >= 4 is 12.0 Å². The molecule has 4 aromatic rings. The Kier molecular flexibility index (Phi) is 10.3. The number of amides is 2. The molecule has 0 spiro atoms. The van der Waals surface area contributed by atoms with Gasteiger partial charge in [-0.1, -0.05) is 105 Å². The zero-order chi connectivity index (χ0) is 32.7. The summed E-state index contributed by atoms with van der Waals surface area (Å²) < 4.78 is 5.83. The molecule has 1 aliphatic carbocycles. The molecule has 0 bridgehead atoms. The second kappa shape index (κ2) is 14.4. The van der Waals surface area contributed by atoms with E-state index in [1.807, 2.05) is 68.1 Å². The van der Waals surface area contributed by atoms with E-state index >= 15 is 0 Å². The van der Waals surface area contributed by atoms with Crippen molar-refractivity contribution in [1.82, 2.24) is 10.2 Å². The lowest BCUT2D eigenvalue weighted by Gasteiger charge is -2.40. The standard InChI is InChI=1S/C41H48N2O3/c1-40(2,3)46-39(45)43(37-22-25-41(4,5)26-23-37)29-31-16-20-34(21-17-31)35-12-9-13-36(28-35)38(44)42-27-24-30-14-18-33(19-15-30)32-10-7-6-8-11-32/h6-21,28,37H,22-27,29H2,1-5H3,(H,42,44). The average Bonchev–Trinajstić information content (AvgIpc) is 3.04. The average molecular weight is 617 g/mol. The van der Waals surface area contributed by atoms with E-state index < -0.39 is 5.60 Å². The number of hydrogen-bond donors (Lipinski definition) is 1. The van der Waals surface area contributed by atoms with Crippen LogP contribution >= 0.6 is 0 Å². The molecule has 0 aliphatic heterocycles. The summed E-state index contributed by atoms with van der Waals surface area (Å²) in [5, 5.41) is 3.08. The molecule has 5 rings (SSSR count). The van der Waals surface area contributed by atoms with E-state index in [1.54, 1.807) is 0 Å². The van der Waals surface area contributed by atoms with Crippen LogP contribution in [0.1, 0.15) is 81.8 Å². The molecule has 2 amide bonds. The van der Waals surface area contributed by atoms with Crippen molar-refractivity contribution in [3.05, 3.63) is 120 Å². The van der Waals surface area contributed by atoms with Gasteiger partial charge in [0, 0.05) is 24.7 Å². The highest BCUT2D eigenvalue weighted by molar-refractivity contribution is 5.95. The number of carbonyl (C=O) groups is 2. The Morgan fingerprint density at radius 3 is 1.96 bits per heavy atom. The number of benzene rings is 4. The van der Waals surface area contributed by atoms with Crippen LogP contribution < -0.4 is 5.32 Å². The first kappa shape index (κ1) is 33.0. The smallest absolute Gasteiger partial charge is 0.410 e. The third kappa shape index (κ3) is 9.09. The Hall–Kier alpha value is -4.38. The number of nitrogens with zero attached hydrogens (tertiary/aromatic N) is 1. The van der Waals surface area contributed by atoms with Gasteiger partial charge >= 0.3 is 6.09 Å². The van der Waals surface area contributed by atoms with Crippen molar-refractivity contribution in [2.75, 3.05) is 6.54 Å². The van der Waals surface area contributed by atoms with Crippen LogP contribution in [0.2, 0.25) is 0 Å². The molecule has 1 fully saturated rings. The number of carbonyl (C=O) groups excluding carboxylic acids is 2. The minimum atomic E-state index is -0.543. The minimum absolute atomic E-state index is 0.0805. The normalized spacial score (nSPS) is 14.8. The van der Waals surface area contributed by atoms with Gasteiger partial charge in [-0.15, -0.1) is 0 Å². The van der Waals surface area contributed by atoms with E-state index in [0.29, 0.717) is 24.1 Å². The van der Waals surface area contributed by atoms with Crippen LogP contribution in [0.4, 0.5) is 4.79 Å². The van der Waals surface area contributed by atoms with Crippen LogP contribution in [0.25, 0.3) is 22.3 Å². The van der Waals surface area contributed by atoms with Crippen molar-refractivity contribution in [2.24, 2.45) is 5.41 Å². The van der Waals surface area contributed by atoms with E-state index in [2.05, 4.69) is 79.8 Å². The molecule has 1 saturated carbocycles. The summed E-state index contributed by atoms with van der Waals surface area (Å²) in [6.07, 6.45) is 4.69. The van der Waals surface area contributed by atoms with Crippen molar-refractivity contribution in [1.29, 1.82) is 0 Å². The molecule has 46 heavy (non-hydrogen) atoms. The molecular formula is C41H48N2O3.